The lowest BCUT2D eigenvalue weighted by Crippen LogP contribution is -2.33. The van der Waals surface area contributed by atoms with E-state index >= 15 is 0 Å². The smallest absolute Gasteiger partial charge is 0.331 e. The summed E-state index contributed by atoms with van der Waals surface area (Å²) in [6.07, 6.45) is 0.960. The molecule has 86 valence electrons. The molecule has 6 heteroatoms. The zero-order valence-corrected chi connectivity index (χ0v) is 8.48. The average Bonchev–Trinajstić information content (AvgIpc) is 2.59. The maximum Gasteiger partial charge on any atom is 0.331 e. The Labute approximate surface area is 90.2 Å². The van der Waals surface area contributed by atoms with Crippen molar-refractivity contribution in [3.63, 3.8) is 0 Å². The first-order chi connectivity index (χ1) is 7.61. The molecule has 1 aromatic heterocycles. The van der Waals surface area contributed by atoms with E-state index in [9.17, 15) is 14.0 Å². The SMILES string of the molecule is C=C1CC(CF)C(n2ccc(=O)[nH]c2=O)O1. The van der Waals surface area contributed by atoms with Gasteiger partial charge in [-0.1, -0.05) is 6.58 Å². The number of hydrogen-bond donors (Lipinski definition) is 1. The lowest BCUT2D eigenvalue weighted by atomic mass is 10.1. The Bertz CT molecular complexity index is 519. The molecule has 2 atom stereocenters. The van der Waals surface area contributed by atoms with Gasteiger partial charge in [0, 0.05) is 18.7 Å². The lowest BCUT2D eigenvalue weighted by molar-refractivity contribution is 0.0527. The highest BCUT2D eigenvalue weighted by atomic mass is 19.1. The van der Waals surface area contributed by atoms with E-state index < -0.39 is 30.1 Å². The highest BCUT2D eigenvalue weighted by Crippen LogP contribution is 2.34. The van der Waals surface area contributed by atoms with Gasteiger partial charge in [0.05, 0.1) is 18.4 Å². The van der Waals surface area contributed by atoms with E-state index in [1.54, 1.807) is 0 Å². The molecule has 1 fully saturated rings. The largest absolute Gasteiger partial charge is 0.475 e. The van der Waals surface area contributed by atoms with Crippen LogP contribution in [0.1, 0.15) is 12.6 Å². The number of ether oxygens (including phenoxy) is 1. The van der Waals surface area contributed by atoms with Gasteiger partial charge in [-0.3, -0.25) is 18.7 Å². The number of halogens is 1. The molecular formula is C10H11FN2O3. The third-order valence-electron chi connectivity index (χ3n) is 2.50. The van der Waals surface area contributed by atoms with Crippen molar-refractivity contribution in [3.05, 3.63) is 45.4 Å². The monoisotopic (exact) mass is 226 g/mol. The summed E-state index contributed by atoms with van der Waals surface area (Å²) in [6.45, 7) is 3.00. The van der Waals surface area contributed by atoms with E-state index in [2.05, 4.69) is 11.6 Å². The van der Waals surface area contributed by atoms with Crippen molar-refractivity contribution < 1.29 is 9.13 Å². The Morgan fingerprint density at radius 2 is 2.38 bits per heavy atom. The van der Waals surface area contributed by atoms with Crippen LogP contribution in [0.25, 0.3) is 0 Å². The van der Waals surface area contributed by atoms with Crippen molar-refractivity contribution in [2.24, 2.45) is 5.92 Å². The average molecular weight is 226 g/mol. The van der Waals surface area contributed by atoms with Crippen molar-refractivity contribution in [2.45, 2.75) is 12.6 Å². The van der Waals surface area contributed by atoms with Gasteiger partial charge in [0.15, 0.2) is 6.23 Å². The molecule has 2 unspecified atom stereocenters. The second-order valence-electron chi connectivity index (χ2n) is 3.68. The summed E-state index contributed by atoms with van der Waals surface area (Å²) in [5.41, 5.74) is -1.10. The molecule has 0 aliphatic carbocycles. The molecule has 2 heterocycles. The van der Waals surface area contributed by atoms with Crippen LogP contribution in [0.3, 0.4) is 0 Å². The van der Waals surface area contributed by atoms with Crippen molar-refractivity contribution in [1.29, 1.82) is 0 Å². The van der Waals surface area contributed by atoms with E-state index in [4.69, 9.17) is 4.74 Å². The highest BCUT2D eigenvalue weighted by Gasteiger charge is 2.33. The van der Waals surface area contributed by atoms with Crippen LogP contribution in [-0.2, 0) is 4.74 Å². The molecule has 0 saturated carbocycles. The predicted octanol–water partition coefficient (Wildman–Crippen LogP) is 0.555. The van der Waals surface area contributed by atoms with Gasteiger partial charge < -0.3 is 4.74 Å². The summed E-state index contributed by atoms with van der Waals surface area (Å²) in [6, 6.07) is 1.20. The van der Waals surface area contributed by atoms with Crippen molar-refractivity contribution >= 4 is 0 Å². The van der Waals surface area contributed by atoms with Crippen LogP contribution < -0.4 is 11.2 Å². The molecule has 1 aromatic rings. The molecule has 1 aliphatic heterocycles. The summed E-state index contributed by atoms with van der Waals surface area (Å²) in [5, 5.41) is 0. The second-order valence-corrected chi connectivity index (χ2v) is 3.68. The van der Waals surface area contributed by atoms with Crippen LogP contribution in [0.5, 0.6) is 0 Å². The van der Waals surface area contributed by atoms with Gasteiger partial charge in [-0.15, -0.1) is 0 Å². The van der Waals surface area contributed by atoms with Crippen LogP contribution in [0, 0.1) is 5.92 Å². The van der Waals surface area contributed by atoms with Gasteiger partial charge in [-0.05, 0) is 0 Å². The van der Waals surface area contributed by atoms with Gasteiger partial charge in [0.2, 0.25) is 0 Å². The molecule has 0 spiro atoms. The van der Waals surface area contributed by atoms with Crippen LogP contribution in [0.2, 0.25) is 0 Å². The zero-order valence-electron chi connectivity index (χ0n) is 8.48. The Morgan fingerprint density at radius 1 is 1.62 bits per heavy atom. The summed E-state index contributed by atoms with van der Waals surface area (Å²) < 4.78 is 19.2. The first-order valence-electron chi connectivity index (χ1n) is 4.83. The number of allylic oxidation sites excluding steroid dienone is 1. The molecule has 0 amide bonds. The molecule has 5 nitrogen and oxygen atoms in total. The molecule has 0 radical (unpaired) electrons. The highest BCUT2D eigenvalue weighted by molar-refractivity contribution is 4.97. The fourth-order valence-corrected chi connectivity index (χ4v) is 1.75. The van der Waals surface area contributed by atoms with Gasteiger partial charge in [-0.2, -0.15) is 0 Å². The molecule has 16 heavy (non-hydrogen) atoms. The van der Waals surface area contributed by atoms with Gasteiger partial charge in [0.25, 0.3) is 5.56 Å². The maximum atomic E-state index is 12.7. The van der Waals surface area contributed by atoms with E-state index in [1.165, 1.54) is 16.8 Å². The minimum atomic E-state index is -0.721. The van der Waals surface area contributed by atoms with E-state index in [-0.39, 0.29) is 0 Å². The number of hydrogen-bond acceptors (Lipinski definition) is 3. The molecule has 0 bridgehead atoms. The number of aromatic amines is 1. The van der Waals surface area contributed by atoms with E-state index in [1.807, 2.05) is 0 Å². The van der Waals surface area contributed by atoms with Crippen LogP contribution in [0.15, 0.2) is 34.2 Å². The number of nitrogens with zero attached hydrogens (tertiary/aromatic N) is 1. The Morgan fingerprint density at radius 3 is 3.00 bits per heavy atom. The fraction of sp³-hybridized carbons (Fsp3) is 0.400. The number of aromatic nitrogens is 2. The summed E-state index contributed by atoms with van der Waals surface area (Å²) >= 11 is 0. The fourth-order valence-electron chi connectivity index (χ4n) is 1.75. The normalized spacial score (nSPS) is 24.4. The van der Waals surface area contributed by atoms with Crippen molar-refractivity contribution in [2.75, 3.05) is 6.67 Å². The summed E-state index contributed by atoms with van der Waals surface area (Å²) in [4.78, 5) is 24.4. The molecule has 2 rings (SSSR count). The Balaban J connectivity index is 2.40. The lowest BCUT2D eigenvalue weighted by Gasteiger charge is -2.17. The standard InChI is InChI=1S/C10H11FN2O3/c1-6-4-7(5-11)9(16-6)13-3-2-8(14)12-10(13)15/h2-3,7,9H,1,4-5H2,(H,12,14,15). The minimum Gasteiger partial charge on any atom is -0.475 e. The maximum absolute atomic E-state index is 12.7. The molecule has 0 aromatic carbocycles. The minimum absolute atomic E-state index is 0.382. The van der Waals surface area contributed by atoms with Crippen LogP contribution >= 0.6 is 0 Å². The second kappa shape index (κ2) is 3.96. The Kier molecular flexibility index (Phi) is 2.64. The number of nitrogens with one attached hydrogen (secondary N) is 1. The molecule has 1 saturated heterocycles. The van der Waals surface area contributed by atoms with Crippen molar-refractivity contribution in [1.82, 2.24) is 9.55 Å². The first-order valence-corrected chi connectivity index (χ1v) is 4.83. The Hall–Kier alpha value is -1.85. The van der Waals surface area contributed by atoms with E-state index in [0.29, 0.717) is 12.2 Å². The number of rotatable bonds is 2. The predicted molar refractivity (Wildman–Crippen MR) is 54.7 cm³/mol. The van der Waals surface area contributed by atoms with Crippen LogP contribution in [-0.4, -0.2) is 16.2 Å². The molecule has 1 aliphatic rings. The first kappa shape index (κ1) is 10.7. The van der Waals surface area contributed by atoms with E-state index in [0.717, 1.165) is 0 Å². The quantitative estimate of drug-likeness (QED) is 0.801. The van der Waals surface area contributed by atoms with Gasteiger partial charge >= 0.3 is 5.69 Å². The number of alkyl halides is 1. The number of H-pyrrole nitrogens is 1. The third kappa shape index (κ3) is 1.78. The summed E-state index contributed by atoms with van der Waals surface area (Å²) in [7, 11) is 0. The summed E-state index contributed by atoms with van der Waals surface area (Å²) in [5.74, 6) is 0.0156. The topological polar surface area (TPSA) is 64.1 Å². The van der Waals surface area contributed by atoms with Crippen molar-refractivity contribution in [3.8, 4) is 0 Å². The molecule has 1 N–H and O–H groups in total. The van der Waals surface area contributed by atoms with Crippen LogP contribution in [0.4, 0.5) is 4.39 Å². The zero-order chi connectivity index (χ0) is 11.7. The molecular weight excluding hydrogens is 215 g/mol. The van der Waals surface area contributed by atoms with Gasteiger partial charge in [0.1, 0.15) is 0 Å². The third-order valence-corrected chi connectivity index (χ3v) is 2.50. The van der Waals surface area contributed by atoms with Gasteiger partial charge in [-0.25, -0.2) is 4.79 Å².